The summed E-state index contributed by atoms with van der Waals surface area (Å²) in [6.45, 7) is 2.25. The van der Waals surface area contributed by atoms with Crippen LogP contribution < -0.4 is 4.74 Å². The molecule has 1 heterocycles. The van der Waals surface area contributed by atoms with Gasteiger partial charge < -0.3 is 14.6 Å². The van der Waals surface area contributed by atoms with Gasteiger partial charge in [0.2, 0.25) is 6.29 Å². The summed E-state index contributed by atoms with van der Waals surface area (Å²) >= 11 is 0. The molecule has 1 aliphatic heterocycles. The number of benzene rings is 1. The average Bonchev–Trinajstić information content (AvgIpc) is 2.55. The molecule has 0 bridgehead atoms. The minimum Gasteiger partial charge on any atom is -0.508 e. The van der Waals surface area contributed by atoms with Crippen molar-refractivity contribution in [2.24, 2.45) is 0 Å². The third kappa shape index (κ3) is 1.61. The van der Waals surface area contributed by atoms with Crippen molar-refractivity contribution in [3.05, 3.63) is 23.8 Å². The molecule has 1 atom stereocenters. The smallest absolute Gasteiger partial charge is 0.237 e. The van der Waals surface area contributed by atoms with Crippen molar-refractivity contribution in [1.29, 1.82) is 0 Å². The highest BCUT2D eigenvalue weighted by Gasteiger charge is 2.30. The first kappa shape index (κ1) is 9.77. The second-order valence-electron chi connectivity index (χ2n) is 3.10. The summed E-state index contributed by atoms with van der Waals surface area (Å²) < 4.78 is 10.6. The van der Waals surface area contributed by atoms with Gasteiger partial charge in [-0.2, -0.15) is 0 Å². The predicted molar refractivity (Wildman–Crippen MR) is 53.2 cm³/mol. The maximum absolute atomic E-state index is 10.8. The summed E-state index contributed by atoms with van der Waals surface area (Å²) in [5.41, 5.74) is 0.839. The topological polar surface area (TPSA) is 55.8 Å². The number of phenolic OH excluding ortho intramolecular Hbond substituents is 1. The van der Waals surface area contributed by atoms with E-state index in [1.165, 1.54) is 12.1 Å². The quantitative estimate of drug-likeness (QED) is 0.742. The van der Waals surface area contributed by atoms with Gasteiger partial charge in [-0.3, -0.25) is 0 Å². The highest BCUT2D eigenvalue weighted by atomic mass is 16.7. The zero-order valence-corrected chi connectivity index (χ0v) is 8.19. The van der Waals surface area contributed by atoms with Crippen LogP contribution in [0.4, 0.5) is 0 Å². The molecule has 0 amide bonds. The van der Waals surface area contributed by atoms with Crippen LogP contribution in [0.2, 0.25) is 0 Å². The molecule has 4 heteroatoms. The molecule has 0 aromatic heterocycles. The fourth-order valence-corrected chi connectivity index (χ4v) is 1.50. The molecule has 1 aromatic carbocycles. The first-order valence-electron chi connectivity index (χ1n) is 4.63. The lowest BCUT2D eigenvalue weighted by atomic mass is 10.1. The Morgan fingerprint density at radius 3 is 3.07 bits per heavy atom. The molecule has 4 nitrogen and oxygen atoms in total. The Balaban J connectivity index is 2.43. The standard InChI is InChI=1S/C11H10O4/c1-2-14-11-9(6-12)8-5-7(13)3-4-10(8)15-11/h3-5,11,13H,2H2,1H3. The number of hydrogen-bond donors (Lipinski definition) is 1. The number of ether oxygens (including phenoxy) is 2. The van der Waals surface area contributed by atoms with Crippen LogP contribution in [-0.4, -0.2) is 23.9 Å². The fourth-order valence-electron chi connectivity index (χ4n) is 1.50. The van der Waals surface area contributed by atoms with E-state index in [9.17, 15) is 9.90 Å². The van der Waals surface area contributed by atoms with E-state index in [0.29, 0.717) is 23.5 Å². The van der Waals surface area contributed by atoms with Crippen molar-refractivity contribution in [1.82, 2.24) is 0 Å². The molecular weight excluding hydrogens is 196 g/mol. The van der Waals surface area contributed by atoms with Gasteiger partial charge in [-0.05, 0) is 25.1 Å². The zero-order chi connectivity index (χ0) is 10.8. The SMILES string of the molecule is CCOC1Oc2ccc(O)cc2C1=C=O. The Morgan fingerprint density at radius 1 is 1.60 bits per heavy atom. The first-order chi connectivity index (χ1) is 7.26. The van der Waals surface area contributed by atoms with Crippen LogP contribution in [0.3, 0.4) is 0 Å². The van der Waals surface area contributed by atoms with Gasteiger partial charge in [0.05, 0.1) is 0 Å². The van der Waals surface area contributed by atoms with Gasteiger partial charge in [0.25, 0.3) is 0 Å². The fraction of sp³-hybridized carbons (Fsp3) is 0.273. The molecular formula is C11H10O4. The number of rotatable bonds is 2. The monoisotopic (exact) mass is 206 g/mol. The summed E-state index contributed by atoms with van der Waals surface area (Å²) in [6, 6.07) is 4.56. The summed E-state index contributed by atoms with van der Waals surface area (Å²) in [7, 11) is 0. The summed E-state index contributed by atoms with van der Waals surface area (Å²) in [5.74, 6) is 2.41. The lowest BCUT2D eigenvalue weighted by Gasteiger charge is -2.09. The van der Waals surface area contributed by atoms with Gasteiger partial charge >= 0.3 is 0 Å². The van der Waals surface area contributed by atoms with E-state index in [-0.39, 0.29) is 5.75 Å². The van der Waals surface area contributed by atoms with E-state index < -0.39 is 6.29 Å². The van der Waals surface area contributed by atoms with Gasteiger partial charge in [-0.15, -0.1) is 0 Å². The number of hydrogen-bond acceptors (Lipinski definition) is 4. The maximum atomic E-state index is 10.8. The van der Waals surface area contributed by atoms with Crippen LogP contribution >= 0.6 is 0 Å². The molecule has 1 unspecified atom stereocenters. The summed E-state index contributed by atoms with van der Waals surface area (Å²) in [5, 5.41) is 9.29. The van der Waals surface area contributed by atoms with Crippen LogP contribution in [-0.2, 0) is 9.53 Å². The average molecular weight is 206 g/mol. The van der Waals surface area contributed by atoms with Crippen LogP contribution in [0.1, 0.15) is 12.5 Å². The summed E-state index contributed by atoms with van der Waals surface area (Å²) in [4.78, 5) is 10.8. The van der Waals surface area contributed by atoms with E-state index in [1.54, 1.807) is 12.0 Å². The lowest BCUT2D eigenvalue weighted by Crippen LogP contribution is -2.16. The van der Waals surface area contributed by atoms with Crippen molar-refractivity contribution in [2.45, 2.75) is 13.2 Å². The van der Waals surface area contributed by atoms with Crippen molar-refractivity contribution in [3.8, 4) is 11.5 Å². The molecule has 1 aromatic rings. The van der Waals surface area contributed by atoms with Crippen molar-refractivity contribution in [3.63, 3.8) is 0 Å². The Labute approximate surface area is 86.7 Å². The minimum absolute atomic E-state index is 0.0854. The van der Waals surface area contributed by atoms with Crippen LogP contribution in [0.5, 0.6) is 11.5 Å². The molecule has 0 spiro atoms. The van der Waals surface area contributed by atoms with Crippen LogP contribution in [0, 0.1) is 0 Å². The Bertz CT molecular complexity index is 432. The molecule has 1 N–H and O–H groups in total. The number of phenols is 1. The molecule has 0 aliphatic carbocycles. The van der Waals surface area contributed by atoms with Crippen molar-refractivity contribution < 1.29 is 19.4 Å². The lowest BCUT2D eigenvalue weighted by molar-refractivity contribution is -0.0241. The second kappa shape index (κ2) is 3.77. The number of fused-ring (bicyclic) bond motifs is 1. The van der Waals surface area contributed by atoms with Gasteiger partial charge in [0.1, 0.15) is 23.0 Å². The van der Waals surface area contributed by atoms with Crippen molar-refractivity contribution >= 4 is 11.5 Å². The molecule has 0 saturated heterocycles. The van der Waals surface area contributed by atoms with E-state index >= 15 is 0 Å². The van der Waals surface area contributed by atoms with Gasteiger partial charge in [0.15, 0.2) is 0 Å². The largest absolute Gasteiger partial charge is 0.508 e. The maximum Gasteiger partial charge on any atom is 0.237 e. The van der Waals surface area contributed by atoms with Gasteiger partial charge in [-0.25, -0.2) is 4.79 Å². The van der Waals surface area contributed by atoms with E-state index in [2.05, 4.69) is 0 Å². The number of carbonyl (C=O) groups excluding carboxylic acids is 1. The molecule has 0 fully saturated rings. The highest BCUT2D eigenvalue weighted by molar-refractivity contribution is 5.93. The normalized spacial score (nSPS) is 18.2. The number of aromatic hydroxyl groups is 1. The first-order valence-corrected chi connectivity index (χ1v) is 4.63. The minimum atomic E-state index is -0.704. The zero-order valence-electron chi connectivity index (χ0n) is 8.19. The van der Waals surface area contributed by atoms with Crippen LogP contribution in [0.15, 0.2) is 18.2 Å². The van der Waals surface area contributed by atoms with Crippen molar-refractivity contribution in [2.75, 3.05) is 6.61 Å². The Kier molecular flexibility index (Phi) is 2.46. The predicted octanol–water partition coefficient (Wildman–Crippen LogP) is 1.36. The van der Waals surface area contributed by atoms with E-state index in [0.717, 1.165) is 0 Å². The molecule has 78 valence electrons. The second-order valence-corrected chi connectivity index (χ2v) is 3.10. The van der Waals surface area contributed by atoms with Crippen LogP contribution in [0.25, 0.3) is 5.57 Å². The molecule has 15 heavy (non-hydrogen) atoms. The third-order valence-corrected chi connectivity index (χ3v) is 2.15. The van der Waals surface area contributed by atoms with Gasteiger partial charge in [-0.1, -0.05) is 0 Å². The Hall–Kier alpha value is -1.77. The Morgan fingerprint density at radius 2 is 2.40 bits per heavy atom. The molecule has 1 aliphatic rings. The van der Waals surface area contributed by atoms with E-state index in [4.69, 9.17) is 9.47 Å². The molecule has 2 rings (SSSR count). The molecule has 0 radical (unpaired) electrons. The summed E-state index contributed by atoms with van der Waals surface area (Å²) in [6.07, 6.45) is -0.704. The third-order valence-electron chi connectivity index (χ3n) is 2.15. The van der Waals surface area contributed by atoms with Gasteiger partial charge in [0, 0.05) is 12.2 Å². The molecule has 0 saturated carbocycles. The highest BCUT2D eigenvalue weighted by Crippen LogP contribution is 2.38. The van der Waals surface area contributed by atoms with E-state index in [1.807, 2.05) is 6.92 Å².